The Bertz CT molecular complexity index is 1190. The summed E-state index contributed by atoms with van der Waals surface area (Å²) in [6.45, 7) is 2.43. The van der Waals surface area contributed by atoms with E-state index in [-0.39, 0.29) is 17.4 Å². The van der Waals surface area contributed by atoms with Crippen molar-refractivity contribution >= 4 is 16.8 Å². The lowest BCUT2D eigenvalue weighted by Gasteiger charge is -2.18. The Morgan fingerprint density at radius 1 is 0.903 bits per heavy atom. The molecule has 0 saturated heterocycles. The number of fused-ring (bicyclic) bond motifs is 1. The summed E-state index contributed by atoms with van der Waals surface area (Å²) in [6, 6.07) is 28.1. The lowest BCUT2D eigenvalue weighted by Crippen LogP contribution is -2.28. The predicted molar refractivity (Wildman–Crippen MR) is 125 cm³/mol. The van der Waals surface area contributed by atoms with Crippen LogP contribution < -0.4 is 10.9 Å². The van der Waals surface area contributed by atoms with Crippen LogP contribution in [0.15, 0.2) is 89.7 Å². The molecular formula is C27H26N2O2. The normalized spacial score (nSPS) is 11.0. The van der Waals surface area contributed by atoms with Crippen LogP contribution in [0.4, 0.5) is 0 Å². The average Bonchev–Trinajstić information content (AvgIpc) is 2.79. The molecule has 0 radical (unpaired) electrons. The molecule has 1 aromatic heterocycles. The molecule has 4 heteroatoms. The molecule has 2 N–H and O–H groups in total. The number of nitrogens with one attached hydrogen (secondary N) is 2. The van der Waals surface area contributed by atoms with Gasteiger partial charge in [-0.05, 0) is 47.6 Å². The first-order chi connectivity index (χ1) is 15.1. The number of aryl methyl sites for hydroxylation is 1. The second-order valence-corrected chi connectivity index (χ2v) is 7.89. The third-order valence-electron chi connectivity index (χ3n) is 5.59. The summed E-state index contributed by atoms with van der Waals surface area (Å²) >= 11 is 0. The SMILES string of the molecule is Cc1ccc2cc(CCNC(=O)CC(c3ccccc3)c3ccccc3)c(=O)[nH]c2c1. The van der Waals surface area contributed by atoms with Gasteiger partial charge in [-0.25, -0.2) is 0 Å². The van der Waals surface area contributed by atoms with E-state index in [1.807, 2.05) is 67.6 Å². The van der Waals surface area contributed by atoms with Gasteiger partial charge in [0.15, 0.2) is 0 Å². The van der Waals surface area contributed by atoms with Crippen LogP contribution in [0.3, 0.4) is 0 Å². The maximum atomic E-state index is 12.7. The van der Waals surface area contributed by atoms with Crippen LogP contribution in [0.2, 0.25) is 0 Å². The number of H-pyrrole nitrogens is 1. The van der Waals surface area contributed by atoms with E-state index < -0.39 is 0 Å². The smallest absolute Gasteiger partial charge is 0.251 e. The minimum atomic E-state index is -0.0983. The first-order valence-corrected chi connectivity index (χ1v) is 10.6. The molecule has 0 unspecified atom stereocenters. The topological polar surface area (TPSA) is 62.0 Å². The second-order valence-electron chi connectivity index (χ2n) is 7.89. The summed E-state index contributed by atoms with van der Waals surface area (Å²) in [5.41, 5.74) is 4.76. The predicted octanol–water partition coefficient (Wildman–Crippen LogP) is 4.72. The zero-order valence-corrected chi connectivity index (χ0v) is 17.6. The number of aromatic nitrogens is 1. The Labute approximate surface area is 182 Å². The lowest BCUT2D eigenvalue weighted by atomic mass is 9.88. The fourth-order valence-electron chi connectivity index (χ4n) is 3.94. The first-order valence-electron chi connectivity index (χ1n) is 10.6. The highest BCUT2D eigenvalue weighted by Gasteiger charge is 2.18. The molecule has 3 aromatic carbocycles. The number of pyridine rings is 1. The number of hydrogen-bond donors (Lipinski definition) is 2. The van der Waals surface area contributed by atoms with Gasteiger partial charge >= 0.3 is 0 Å². The Kier molecular flexibility index (Phi) is 6.27. The van der Waals surface area contributed by atoms with Crippen LogP contribution in [0.1, 0.15) is 34.6 Å². The van der Waals surface area contributed by atoms with Crippen molar-refractivity contribution in [1.82, 2.24) is 10.3 Å². The fourth-order valence-corrected chi connectivity index (χ4v) is 3.94. The average molecular weight is 411 g/mol. The molecule has 0 aliphatic rings. The summed E-state index contributed by atoms with van der Waals surface area (Å²) in [7, 11) is 0. The third-order valence-corrected chi connectivity index (χ3v) is 5.59. The van der Waals surface area contributed by atoms with Gasteiger partial charge < -0.3 is 10.3 Å². The zero-order valence-electron chi connectivity index (χ0n) is 17.6. The molecule has 1 amide bonds. The van der Waals surface area contributed by atoms with E-state index in [2.05, 4.69) is 34.6 Å². The monoisotopic (exact) mass is 410 g/mol. The van der Waals surface area contributed by atoms with Crippen molar-refractivity contribution in [3.05, 3.63) is 118 Å². The van der Waals surface area contributed by atoms with E-state index in [0.717, 1.165) is 27.6 Å². The van der Waals surface area contributed by atoms with E-state index in [0.29, 0.717) is 24.9 Å². The van der Waals surface area contributed by atoms with E-state index in [1.54, 1.807) is 0 Å². The molecule has 0 aliphatic heterocycles. The molecule has 0 spiro atoms. The molecule has 4 nitrogen and oxygen atoms in total. The van der Waals surface area contributed by atoms with E-state index in [9.17, 15) is 9.59 Å². The second kappa shape index (κ2) is 9.43. The summed E-state index contributed by atoms with van der Waals surface area (Å²) < 4.78 is 0. The van der Waals surface area contributed by atoms with Gasteiger partial charge in [0.05, 0.1) is 0 Å². The van der Waals surface area contributed by atoms with Crippen LogP contribution >= 0.6 is 0 Å². The van der Waals surface area contributed by atoms with Crippen LogP contribution in [0.5, 0.6) is 0 Å². The first kappa shape index (κ1) is 20.6. The van der Waals surface area contributed by atoms with E-state index in [1.165, 1.54) is 0 Å². The summed E-state index contributed by atoms with van der Waals surface area (Å²) in [4.78, 5) is 28.1. The standard InChI is InChI=1S/C27H26N2O2/c1-19-12-13-22-17-23(27(31)29-25(22)16-19)14-15-28-26(30)18-24(20-8-4-2-5-9-20)21-10-6-3-7-11-21/h2-13,16-17,24H,14-15,18H2,1H3,(H,28,30)(H,29,31). The van der Waals surface area contributed by atoms with Crippen LogP contribution in [-0.4, -0.2) is 17.4 Å². The van der Waals surface area contributed by atoms with Crippen LogP contribution in [0, 0.1) is 6.92 Å². The number of rotatable bonds is 7. The van der Waals surface area contributed by atoms with Gasteiger partial charge in [0, 0.05) is 30.0 Å². The molecule has 0 fully saturated rings. The van der Waals surface area contributed by atoms with Crippen molar-refractivity contribution in [3.63, 3.8) is 0 Å². The molecule has 0 saturated carbocycles. The summed E-state index contributed by atoms with van der Waals surface area (Å²) in [5, 5.41) is 3.99. The minimum absolute atomic E-state index is 0.00490. The number of benzene rings is 3. The largest absolute Gasteiger partial charge is 0.356 e. The van der Waals surface area contributed by atoms with Gasteiger partial charge in [-0.1, -0.05) is 72.8 Å². The molecule has 4 aromatic rings. The maximum absolute atomic E-state index is 12.7. The maximum Gasteiger partial charge on any atom is 0.251 e. The van der Waals surface area contributed by atoms with Crippen molar-refractivity contribution in [2.24, 2.45) is 0 Å². The van der Waals surface area contributed by atoms with E-state index >= 15 is 0 Å². The van der Waals surface area contributed by atoms with Crippen molar-refractivity contribution in [3.8, 4) is 0 Å². The highest BCUT2D eigenvalue weighted by molar-refractivity contribution is 5.80. The van der Waals surface area contributed by atoms with Crippen LogP contribution in [-0.2, 0) is 11.2 Å². The lowest BCUT2D eigenvalue weighted by molar-refractivity contribution is -0.121. The Morgan fingerprint density at radius 2 is 1.55 bits per heavy atom. The number of carbonyl (C=O) groups is 1. The molecule has 1 heterocycles. The van der Waals surface area contributed by atoms with Gasteiger partial charge in [-0.3, -0.25) is 9.59 Å². The fraction of sp³-hybridized carbons (Fsp3) is 0.185. The molecular weight excluding hydrogens is 384 g/mol. The van der Waals surface area contributed by atoms with Crippen molar-refractivity contribution in [1.29, 1.82) is 0 Å². The Hall–Kier alpha value is -3.66. The number of amides is 1. The van der Waals surface area contributed by atoms with Crippen molar-refractivity contribution in [2.75, 3.05) is 6.54 Å². The van der Waals surface area contributed by atoms with Gasteiger partial charge in [0.25, 0.3) is 5.56 Å². The molecule has 156 valence electrons. The number of carbonyl (C=O) groups excluding carboxylic acids is 1. The zero-order chi connectivity index (χ0) is 21.6. The highest BCUT2D eigenvalue weighted by Crippen LogP contribution is 2.27. The van der Waals surface area contributed by atoms with E-state index in [4.69, 9.17) is 0 Å². The van der Waals surface area contributed by atoms with Crippen molar-refractivity contribution < 1.29 is 4.79 Å². The van der Waals surface area contributed by atoms with Crippen molar-refractivity contribution in [2.45, 2.75) is 25.7 Å². The highest BCUT2D eigenvalue weighted by atomic mass is 16.1. The molecule has 4 rings (SSSR count). The minimum Gasteiger partial charge on any atom is -0.356 e. The Morgan fingerprint density at radius 3 is 2.19 bits per heavy atom. The number of aromatic amines is 1. The molecule has 0 bridgehead atoms. The summed E-state index contributed by atoms with van der Waals surface area (Å²) in [5.74, 6) is -0.0275. The number of hydrogen-bond acceptors (Lipinski definition) is 2. The van der Waals surface area contributed by atoms with Gasteiger partial charge in [-0.2, -0.15) is 0 Å². The quantitative estimate of drug-likeness (QED) is 0.463. The van der Waals surface area contributed by atoms with Gasteiger partial charge in [-0.15, -0.1) is 0 Å². The molecule has 31 heavy (non-hydrogen) atoms. The van der Waals surface area contributed by atoms with Gasteiger partial charge in [0.1, 0.15) is 0 Å². The third kappa shape index (κ3) is 5.10. The summed E-state index contributed by atoms with van der Waals surface area (Å²) in [6.07, 6.45) is 0.855. The molecule has 0 atom stereocenters. The molecule has 0 aliphatic carbocycles. The Balaban J connectivity index is 1.42. The van der Waals surface area contributed by atoms with Gasteiger partial charge in [0.2, 0.25) is 5.91 Å². The van der Waals surface area contributed by atoms with Crippen LogP contribution in [0.25, 0.3) is 10.9 Å².